The van der Waals surface area contributed by atoms with E-state index in [4.69, 9.17) is 0 Å². The van der Waals surface area contributed by atoms with Gasteiger partial charge in [-0.25, -0.2) is 0 Å². The van der Waals surface area contributed by atoms with E-state index in [9.17, 15) is 0 Å². The molecule has 0 aliphatic carbocycles. The van der Waals surface area contributed by atoms with Gasteiger partial charge in [0.25, 0.3) is 0 Å². The summed E-state index contributed by atoms with van der Waals surface area (Å²) in [5, 5.41) is 0.865. The molecule has 0 aliphatic rings. The maximum absolute atomic E-state index is 3.28. The third-order valence-electron chi connectivity index (χ3n) is 1.60. The van der Waals surface area contributed by atoms with Gasteiger partial charge in [0.05, 0.1) is 6.42 Å². The maximum Gasteiger partial charge on any atom is 0.0706 e. The van der Waals surface area contributed by atoms with Crippen LogP contribution in [0.4, 0.5) is 0 Å². The number of hydrogen-bond donors (Lipinski definition) is 0. The number of alkyl halides is 1. The van der Waals surface area contributed by atoms with Crippen LogP contribution in [0.3, 0.4) is 0 Å². The highest BCUT2D eigenvalue weighted by atomic mass is 79.9. The Kier molecular flexibility index (Phi) is 11.8. The van der Waals surface area contributed by atoms with E-state index >= 15 is 0 Å². The van der Waals surface area contributed by atoms with E-state index in [0.29, 0.717) is 6.42 Å². The van der Waals surface area contributed by atoms with Crippen molar-refractivity contribution < 1.29 is 0 Å². The first-order valence-electron chi connectivity index (χ1n) is 5.07. The molecule has 0 aromatic heterocycles. The van der Waals surface area contributed by atoms with Gasteiger partial charge in [-0.05, 0) is 12.5 Å². The molecule has 1 heteroatoms. The molecule has 0 atom stereocenters. The van der Waals surface area contributed by atoms with Crippen molar-refractivity contribution in [1.29, 1.82) is 0 Å². The second-order valence-electron chi connectivity index (χ2n) is 2.87. The van der Waals surface area contributed by atoms with Gasteiger partial charge >= 0.3 is 0 Å². The van der Waals surface area contributed by atoms with Crippen molar-refractivity contribution in [3.8, 4) is 23.7 Å². The van der Waals surface area contributed by atoms with E-state index in [0.717, 1.165) is 11.8 Å². The minimum absolute atomic E-state index is 0.693. The molecule has 0 bridgehead atoms. The second-order valence-corrected chi connectivity index (χ2v) is 3.51. The van der Waals surface area contributed by atoms with Gasteiger partial charge in [0.1, 0.15) is 0 Å². The lowest BCUT2D eigenvalue weighted by Crippen LogP contribution is -1.70. The summed E-state index contributed by atoms with van der Waals surface area (Å²) < 4.78 is 0. The average Bonchev–Trinajstić information content (AvgIpc) is 2.21. The first kappa shape index (κ1) is 13.3. The van der Waals surface area contributed by atoms with Gasteiger partial charge in [-0.3, -0.25) is 0 Å². The fourth-order valence-corrected chi connectivity index (χ4v) is 1.06. The van der Waals surface area contributed by atoms with Crippen molar-refractivity contribution in [1.82, 2.24) is 0 Å². The lowest BCUT2D eigenvalue weighted by Gasteiger charge is -1.87. The lowest BCUT2D eigenvalue weighted by molar-refractivity contribution is 0.737. The minimum Gasteiger partial charge on any atom is -0.102 e. The van der Waals surface area contributed by atoms with Crippen molar-refractivity contribution >= 4 is 15.9 Å². The highest BCUT2D eigenvalue weighted by Crippen LogP contribution is 1.96. The molecule has 0 aromatic rings. The summed E-state index contributed by atoms with van der Waals surface area (Å²) in [4.78, 5) is 0. The topological polar surface area (TPSA) is 0 Å². The van der Waals surface area contributed by atoms with E-state index in [-0.39, 0.29) is 0 Å². The molecule has 0 spiro atoms. The van der Waals surface area contributed by atoms with E-state index in [1.807, 2.05) is 12.2 Å². The summed E-state index contributed by atoms with van der Waals surface area (Å²) in [6.45, 7) is 2.20. The fourth-order valence-electron chi connectivity index (χ4n) is 0.872. The summed E-state index contributed by atoms with van der Waals surface area (Å²) in [5.74, 6) is 12.1. The first-order chi connectivity index (χ1) is 6.91. The predicted octanol–water partition coefficient (Wildman–Crippen LogP) is 3.91. The maximum atomic E-state index is 3.28. The number of unbranched alkanes of at least 4 members (excludes halogenated alkanes) is 3. The molecular formula is C13H17Br. The van der Waals surface area contributed by atoms with Crippen LogP contribution in [0, 0.1) is 23.7 Å². The molecule has 0 fully saturated rings. The van der Waals surface area contributed by atoms with Crippen LogP contribution in [0.15, 0.2) is 12.2 Å². The molecule has 14 heavy (non-hydrogen) atoms. The van der Waals surface area contributed by atoms with Crippen LogP contribution < -0.4 is 0 Å². The van der Waals surface area contributed by atoms with E-state index in [1.165, 1.54) is 19.3 Å². The van der Waals surface area contributed by atoms with Crippen LogP contribution in [0.5, 0.6) is 0 Å². The molecule has 0 aromatic carbocycles. The Balaban J connectivity index is 3.40. The van der Waals surface area contributed by atoms with Crippen molar-refractivity contribution in [2.45, 2.75) is 39.0 Å². The molecule has 0 saturated carbocycles. The van der Waals surface area contributed by atoms with E-state index in [1.54, 1.807) is 0 Å². The zero-order valence-corrected chi connectivity index (χ0v) is 10.4. The van der Waals surface area contributed by atoms with Gasteiger partial charge in [0.15, 0.2) is 0 Å². The van der Waals surface area contributed by atoms with Crippen LogP contribution >= 0.6 is 15.9 Å². The molecule has 0 saturated heterocycles. The molecule has 0 N–H and O–H groups in total. The normalized spacial score (nSPS) is 9.00. The van der Waals surface area contributed by atoms with Crippen molar-refractivity contribution in [2.24, 2.45) is 0 Å². The van der Waals surface area contributed by atoms with Crippen molar-refractivity contribution in [3.63, 3.8) is 0 Å². The van der Waals surface area contributed by atoms with Gasteiger partial charge in [-0.15, -0.1) is 5.92 Å². The van der Waals surface area contributed by atoms with Gasteiger partial charge in [0, 0.05) is 11.8 Å². The lowest BCUT2D eigenvalue weighted by atomic mass is 10.2. The number of allylic oxidation sites excluding steroid dienone is 2. The Morgan fingerprint density at radius 1 is 1.14 bits per heavy atom. The fraction of sp³-hybridized carbons (Fsp3) is 0.538. The highest BCUT2D eigenvalue weighted by molar-refractivity contribution is 9.09. The highest BCUT2D eigenvalue weighted by Gasteiger charge is 1.79. The minimum atomic E-state index is 0.693. The van der Waals surface area contributed by atoms with E-state index < -0.39 is 0 Å². The molecule has 0 aliphatic heterocycles. The third kappa shape index (κ3) is 11.3. The van der Waals surface area contributed by atoms with Crippen molar-refractivity contribution in [2.75, 3.05) is 5.33 Å². The largest absolute Gasteiger partial charge is 0.102 e. The average molecular weight is 253 g/mol. The first-order valence-corrected chi connectivity index (χ1v) is 6.19. The smallest absolute Gasteiger partial charge is 0.0706 e. The van der Waals surface area contributed by atoms with Crippen LogP contribution in [0.1, 0.15) is 39.0 Å². The molecular weight excluding hydrogens is 236 g/mol. The molecule has 76 valence electrons. The molecule has 0 amide bonds. The zero-order valence-electron chi connectivity index (χ0n) is 8.78. The van der Waals surface area contributed by atoms with Gasteiger partial charge in [0.2, 0.25) is 0 Å². The number of hydrogen-bond acceptors (Lipinski definition) is 0. The summed E-state index contributed by atoms with van der Waals surface area (Å²) in [6, 6.07) is 0. The van der Waals surface area contributed by atoms with Crippen molar-refractivity contribution in [3.05, 3.63) is 12.2 Å². The standard InChI is InChI=1S/C13H17Br/c1-2-3-4-5-6-7-8-9-10-11-12-13-14/h11-12H,2-5,8,13H2,1H3/b12-11+. The van der Waals surface area contributed by atoms with E-state index in [2.05, 4.69) is 46.5 Å². The zero-order chi connectivity index (χ0) is 10.5. The molecule has 0 nitrogen and oxygen atoms in total. The van der Waals surface area contributed by atoms with Gasteiger partial charge in [-0.1, -0.05) is 59.5 Å². The Bertz CT molecular complexity index is 254. The molecule has 0 radical (unpaired) electrons. The van der Waals surface area contributed by atoms with Crippen LogP contribution in [-0.2, 0) is 0 Å². The molecule has 0 heterocycles. The second kappa shape index (κ2) is 12.3. The van der Waals surface area contributed by atoms with Crippen LogP contribution in [-0.4, -0.2) is 5.33 Å². The Morgan fingerprint density at radius 2 is 2.00 bits per heavy atom. The monoisotopic (exact) mass is 252 g/mol. The Morgan fingerprint density at radius 3 is 2.71 bits per heavy atom. The quantitative estimate of drug-likeness (QED) is 0.405. The summed E-state index contributed by atoms with van der Waals surface area (Å²) in [5.41, 5.74) is 0. The molecule has 0 rings (SSSR count). The number of halogens is 1. The summed E-state index contributed by atoms with van der Waals surface area (Å²) >= 11 is 3.28. The van der Waals surface area contributed by atoms with Crippen LogP contribution in [0.2, 0.25) is 0 Å². The third-order valence-corrected chi connectivity index (χ3v) is 1.97. The van der Waals surface area contributed by atoms with Gasteiger partial charge < -0.3 is 0 Å². The summed E-state index contributed by atoms with van der Waals surface area (Å²) in [7, 11) is 0. The van der Waals surface area contributed by atoms with Gasteiger partial charge in [-0.2, -0.15) is 0 Å². The Labute approximate surface area is 96.3 Å². The summed E-state index contributed by atoms with van der Waals surface area (Å²) in [6.07, 6.45) is 9.31. The Hall–Kier alpha value is -0.660. The molecule has 0 unspecified atom stereocenters. The SMILES string of the molecule is CCCCCC#CCC#C/C=C/CBr. The predicted molar refractivity (Wildman–Crippen MR) is 67.2 cm³/mol. The van der Waals surface area contributed by atoms with Crippen LogP contribution in [0.25, 0.3) is 0 Å². The number of rotatable bonds is 4.